The van der Waals surface area contributed by atoms with Gasteiger partial charge >= 0.3 is 0 Å². The normalized spacial score (nSPS) is 10.4. The lowest BCUT2D eigenvalue weighted by Crippen LogP contribution is -2.00. The molecule has 0 atom stereocenters. The Hall–Kier alpha value is -0.760. The molecule has 2 heteroatoms. The summed E-state index contributed by atoms with van der Waals surface area (Å²) in [6.45, 7) is 8.30. The van der Waals surface area contributed by atoms with E-state index in [1.54, 1.807) is 11.8 Å². The van der Waals surface area contributed by atoms with E-state index in [1.165, 1.54) is 16.7 Å². The Morgan fingerprint density at radius 1 is 0.929 bits per heavy atom. The van der Waals surface area contributed by atoms with Crippen LogP contribution in [0.4, 0.5) is 0 Å². The van der Waals surface area contributed by atoms with Gasteiger partial charge in [-0.3, -0.25) is 4.79 Å². The van der Waals surface area contributed by atoms with Crippen molar-refractivity contribution in [2.45, 2.75) is 32.6 Å². The number of hydrogen-bond acceptors (Lipinski definition) is 2. The van der Waals surface area contributed by atoms with E-state index in [9.17, 15) is 4.79 Å². The highest BCUT2D eigenvalue weighted by molar-refractivity contribution is 7.98. The molecule has 14 heavy (non-hydrogen) atoms. The third-order valence-electron chi connectivity index (χ3n) is 3.00. The van der Waals surface area contributed by atoms with Crippen LogP contribution >= 0.6 is 11.8 Å². The first-order chi connectivity index (χ1) is 6.54. The Balaban J connectivity index is 3.65. The lowest BCUT2D eigenvalue weighted by atomic mass is 9.95. The smallest absolute Gasteiger partial charge is 0.151 e. The zero-order valence-corrected chi connectivity index (χ0v) is 10.2. The van der Waals surface area contributed by atoms with Gasteiger partial charge < -0.3 is 0 Å². The first-order valence-electron chi connectivity index (χ1n) is 4.64. The largest absolute Gasteiger partial charge is 0.298 e. The van der Waals surface area contributed by atoms with E-state index in [0.29, 0.717) is 0 Å². The van der Waals surface area contributed by atoms with Crippen molar-refractivity contribution in [1.29, 1.82) is 0 Å². The molecule has 0 saturated carbocycles. The lowest BCUT2D eigenvalue weighted by molar-refractivity contribution is 0.112. The molecule has 0 spiro atoms. The van der Waals surface area contributed by atoms with Crippen LogP contribution in [-0.2, 0) is 0 Å². The zero-order chi connectivity index (χ0) is 10.9. The van der Waals surface area contributed by atoms with Crippen LogP contribution in [0.1, 0.15) is 32.6 Å². The minimum atomic E-state index is 0.859. The molecule has 1 rings (SSSR count). The second-order valence-corrected chi connectivity index (χ2v) is 4.38. The molecule has 0 bridgehead atoms. The maximum atomic E-state index is 11.0. The van der Waals surface area contributed by atoms with Crippen molar-refractivity contribution in [3.63, 3.8) is 0 Å². The van der Waals surface area contributed by atoms with Crippen molar-refractivity contribution < 1.29 is 4.79 Å². The van der Waals surface area contributed by atoms with Gasteiger partial charge in [-0.25, -0.2) is 0 Å². The monoisotopic (exact) mass is 208 g/mol. The van der Waals surface area contributed by atoms with Gasteiger partial charge in [0.25, 0.3) is 0 Å². The number of thioether (sulfide) groups is 1. The molecule has 0 aliphatic carbocycles. The Morgan fingerprint density at radius 2 is 1.43 bits per heavy atom. The molecule has 1 aromatic carbocycles. The summed E-state index contributed by atoms with van der Waals surface area (Å²) in [5.41, 5.74) is 5.76. The second-order valence-electron chi connectivity index (χ2n) is 3.56. The standard InChI is InChI=1S/C12H16OS/c1-7-8(2)10(4)12(14-5)11(6-13)9(7)3/h6H,1-5H3. The molecular formula is C12H16OS. The van der Waals surface area contributed by atoms with Crippen LogP contribution in [0.2, 0.25) is 0 Å². The van der Waals surface area contributed by atoms with Crippen LogP contribution in [0.3, 0.4) is 0 Å². The fraction of sp³-hybridized carbons (Fsp3) is 0.417. The van der Waals surface area contributed by atoms with Crippen LogP contribution in [0.5, 0.6) is 0 Å². The van der Waals surface area contributed by atoms with E-state index < -0.39 is 0 Å². The Kier molecular flexibility index (Phi) is 3.38. The average molecular weight is 208 g/mol. The Labute approximate surface area is 89.9 Å². The highest BCUT2D eigenvalue weighted by Crippen LogP contribution is 2.31. The van der Waals surface area contributed by atoms with Crippen LogP contribution in [0.15, 0.2) is 4.90 Å². The van der Waals surface area contributed by atoms with Gasteiger partial charge in [0.15, 0.2) is 6.29 Å². The predicted octanol–water partition coefficient (Wildman–Crippen LogP) is 3.45. The maximum Gasteiger partial charge on any atom is 0.151 e. The second kappa shape index (κ2) is 4.18. The van der Waals surface area contributed by atoms with Crippen LogP contribution in [-0.4, -0.2) is 12.5 Å². The topological polar surface area (TPSA) is 17.1 Å². The molecular weight excluding hydrogens is 192 g/mol. The SMILES string of the molecule is CSc1c(C)c(C)c(C)c(C)c1C=O. The predicted molar refractivity (Wildman–Crippen MR) is 62.6 cm³/mol. The van der Waals surface area contributed by atoms with Gasteiger partial charge in [-0.05, 0) is 56.2 Å². The highest BCUT2D eigenvalue weighted by Gasteiger charge is 2.13. The third kappa shape index (κ3) is 1.59. The summed E-state index contributed by atoms with van der Waals surface area (Å²) in [6.07, 6.45) is 2.99. The molecule has 0 aliphatic heterocycles. The molecule has 0 aromatic heterocycles. The van der Waals surface area contributed by atoms with Crippen molar-refractivity contribution in [2.75, 3.05) is 6.26 Å². The lowest BCUT2D eigenvalue weighted by Gasteiger charge is -2.15. The number of hydrogen-bond donors (Lipinski definition) is 0. The van der Waals surface area contributed by atoms with E-state index in [4.69, 9.17) is 0 Å². The number of carbonyl (C=O) groups excluding carboxylic acids is 1. The molecule has 76 valence electrons. The summed E-state index contributed by atoms with van der Waals surface area (Å²) in [7, 11) is 0. The molecule has 0 heterocycles. The van der Waals surface area contributed by atoms with Crippen molar-refractivity contribution in [2.24, 2.45) is 0 Å². The molecule has 0 unspecified atom stereocenters. The first-order valence-corrected chi connectivity index (χ1v) is 5.86. The van der Waals surface area contributed by atoms with E-state index in [2.05, 4.69) is 20.8 Å². The molecule has 0 saturated heterocycles. The van der Waals surface area contributed by atoms with Crippen molar-refractivity contribution >= 4 is 18.0 Å². The summed E-state index contributed by atoms with van der Waals surface area (Å²) in [5.74, 6) is 0. The molecule has 0 amide bonds. The van der Waals surface area contributed by atoms with E-state index in [1.807, 2.05) is 13.2 Å². The summed E-state index contributed by atoms with van der Waals surface area (Å²) >= 11 is 1.65. The maximum absolute atomic E-state index is 11.0. The van der Waals surface area contributed by atoms with E-state index >= 15 is 0 Å². The van der Waals surface area contributed by atoms with Crippen molar-refractivity contribution in [3.8, 4) is 0 Å². The highest BCUT2D eigenvalue weighted by atomic mass is 32.2. The molecule has 1 nitrogen and oxygen atoms in total. The zero-order valence-electron chi connectivity index (χ0n) is 9.39. The Bertz CT molecular complexity index is 381. The number of carbonyl (C=O) groups is 1. The van der Waals surface area contributed by atoms with Crippen LogP contribution in [0.25, 0.3) is 0 Å². The quantitative estimate of drug-likeness (QED) is 0.547. The molecule has 0 aliphatic rings. The van der Waals surface area contributed by atoms with Crippen LogP contribution < -0.4 is 0 Å². The fourth-order valence-corrected chi connectivity index (χ4v) is 2.59. The molecule has 1 aromatic rings. The third-order valence-corrected chi connectivity index (χ3v) is 3.93. The summed E-state index contributed by atoms with van der Waals surface area (Å²) < 4.78 is 0. The summed E-state index contributed by atoms with van der Waals surface area (Å²) in [5, 5.41) is 0. The van der Waals surface area contributed by atoms with Gasteiger partial charge in [-0.15, -0.1) is 11.8 Å². The van der Waals surface area contributed by atoms with Gasteiger partial charge in [-0.1, -0.05) is 0 Å². The minimum absolute atomic E-state index is 0.859. The van der Waals surface area contributed by atoms with Crippen molar-refractivity contribution in [1.82, 2.24) is 0 Å². The summed E-state index contributed by atoms with van der Waals surface area (Å²) in [4.78, 5) is 12.1. The number of aldehydes is 1. The van der Waals surface area contributed by atoms with Gasteiger partial charge in [0.2, 0.25) is 0 Å². The average Bonchev–Trinajstić information content (AvgIpc) is 2.20. The van der Waals surface area contributed by atoms with Gasteiger partial charge in [0.1, 0.15) is 0 Å². The fourth-order valence-electron chi connectivity index (χ4n) is 1.71. The summed E-state index contributed by atoms with van der Waals surface area (Å²) in [6, 6.07) is 0. The Morgan fingerprint density at radius 3 is 1.86 bits per heavy atom. The number of benzene rings is 1. The minimum Gasteiger partial charge on any atom is -0.298 e. The first kappa shape index (κ1) is 11.3. The molecule has 0 radical (unpaired) electrons. The van der Waals surface area contributed by atoms with Gasteiger partial charge in [0.05, 0.1) is 0 Å². The number of rotatable bonds is 2. The molecule has 0 fully saturated rings. The molecule has 0 N–H and O–H groups in total. The van der Waals surface area contributed by atoms with Crippen LogP contribution in [0, 0.1) is 27.7 Å². The van der Waals surface area contributed by atoms with Gasteiger partial charge in [0, 0.05) is 10.5 Å². The van der Waals surface area contributed by atoms with E-state index in [0.717, 1.165) is 22.3 Å². The van der Waals surface area contributed by atoms with Gasteiger partial charge in [-0.2, -0.15) is 0 Å². The van der Waals surface area contributed by atoms with Crippen molar-refractivity contribution in [3.05, 3.63) is 27.8 Å². The van der Waals surface area contributed by atoms with E-state index in [-0.39, 0.29) is 0 Å².